The van der Waals surface area contributed by atoms with Crippen LogP contribution in [0.25, 0.3) is 0 Å². The van der Waals surface area contributed by atoms with E-state index in [1.807, 2.05) is 11.3 Å². The van der Waals surface area contributed by atoms with Gasteiger partial charge in [-0.25, -0.2) is 4.98 Å². The molecule has 4 heteroatoms. The molecule has 108 valence electrons. The molecule has 1 aliphatic carbocycles. The van der Waals surface area contributed by atoms with Gasteiger partial charge in [0.2, 0.25) is 0 Å². The Morgan fingerprint density at radius 3 is 2.74 bits per heavy atom. The molecule has 0 aromatic carbocycles. The molecular weight excluding hydrogens is 254 g/mol. The normalized spacial score (nSPS) is 18.7. The highest BCUT2D eigenvalue weighted by atomic mass is 32.1. The summed E-state index contributed by atoms with van der Waals surface area (Å²) in [6.45, 7) is 12.0. The monoisotopic (exact) mass is 281 g/mol. The number of hydrogen-bond donors (Lipinski definition) is 1. The third-order valence-electron chi connectivity index (χ3n) is 3.87. The molecule has 1 aliphatic rings. The van der Waals surface area contributed by atoms with E-state index < -0.39 is 0 Å². The maximum Gasteiger partial charge on any atom is 0.185 e. The van der Waals surface area contributed by atoms with Crippen LogP contribution in [0.15, 0.2) is 0 Å². The fourth-order valence-electron chi connectivity index (χ4n) is 2.70. The smallest absolute Gasteiger partial charge is 0.185 e. The largest absolute Gasteiger partial charge is 0.349 e. The zero-order chi connectivity index (χ0) is 13.8. The van der Waals surface area contributed by atoms with Crippen LogP contribution in [0.2, 0.25) is 0 Å². The molecule has 1 aromatic rings. The van der Waals surface area contributed by atoms with E-state index in [4.69, 9.17) is 4.98 Å². The number of nitrogens with zero attached hydrogens (tertiary/aromatic N) is 2. The molecule has 0 radical (unpaired) electrons. The van der Waals surface area contributed by atoms with E-state index in [2.05, 4.69) is 37.9 Å². The highest BCUT2D eigenvalue weighted by Gasteiger charge is 2.25. The lowest BCUT2D eigenvalue weighted by molar-refractivity contribution is 0.474. The molecule has 0 aliphatic heterocycles. The van der Waals surface area contributed by atoms with Crippen molar-refractivity contribution in [3.8, 4) is 0 Å². The Hall–Kier alpha value is -0.610. The lowest BCUT2D eigenvalue weighted by atomic mass is 9.91. The number of anilines is 1. The van der Waals surface area contributed by atoms with Gasteiger partial charge in [0.05, 0.1) is 5.69 Å². The number of fused-ring (bicyclic) bond motifs is 1. The first kappa shape index (κ1) is 14.8. The highest BCUT2D eigenvalue weighted by Crippen LogP contribution is 2.37. The molecule has 0 bridgehead atoms. The molecule has 1 aromatic heterocycles. The van der Waals surface area contributed by atoms with Gasteiger partial charge in [0.1, 0.15) is 0 Å². The Bertz CT molecular complexity index is 396. The lowest BCUT2D eigenvalue weighted by Gasteiger charge is -2.22. The molecule has 0 saturated heterocycles. The summed E-state index contributed by atoms with van der Waals surface area (Å²) in [5.74, 6) is 0.617. The highest BCUT2D eigenvalue weighted by molar-refractivity contribution is 7.15. The average molecular weight is 281 g/mol. The number of thiazole rings is 1. The Morgan fingerprint density at radius 1 is 1.37 bits per heavy atom. The molecule has 1 atom stereocenters. The summed E-state index contributed by atoms with van der Waals surface area (Å²) in [6, 6.07) is 0.561. The van der Waals surface area contributed by atoms with Crippen molar-refractivity contribution in [3.05, 3.63) is 10.6 Å². The van der Waals surface area contributed by atoms with E-state index >= 15 is 0 Å². The minimum absolute atomic E-state index is 0.561. The second-order valence-corrected chi connectivity index (χ2v) is 6.69. The Morgan fingerprint density at radius 2 is 2.11 bits per heavy atom. The Kier molecular flexibility index (Phi) is 5.22. The van der Waals surface area contributed by atoms with Gasteiger partial charge in [-0.15, -0.1) is 11.3 Å². The summed E-state index contributed by atoms with van der Waals surface area (Å²) in [6.07, 6.45) is 3.83. The third-order valence-corrected chi connectivity index (χ3v) is 5.06. The first-order valence-corrected chi connectivity index (χ1v) is 8.45. The van der Waals surface area contributed by atoms with E-state index in [0.717, 1.165) is 19.6 Å². The van der Waals surface area contributed by atoms with Gasteiger partial charge in [0.15, 0.2) is 5.13 Å². The van der Waals surface area contributed by atoms with Crippen LogP contribution in [0.5, 0.6) is 0 Å². The summed E-state index contributed by atoms with van der Waals surface area (Å²) < 4.78 is 0. The van der Waals surface area contributed by atoms with Gasteiger partial charge in [0, 0.05) is 36.5 Å². The van der Waals surface area contributed by atoms with E-state index in [-0.39, 0.29) is 0 Å². The van der Waals surface area contributed by atoms with Crippen molar-refractivity contribution >= 4 is 16.5 Å². The SMILES string of the molecule is CCN(CC)c1nc2c(s1)CCCC2CNC(C)C. The predicted molar refractivity (Wildman–Crippen MR) is 84.5 cm³/mol. The summed E-state index contributed by atoms with van der Waals surface area (Å²) in [5.41, 5.74) is 1.38. The fraction of sp³-hybridized carbons (Fsp3) is 0.800. The van der Waals surface area contributed by atoms with Gasteiger partial charge in [-0.2, -0.15) is 0 Å². The Balaban J connectivity index is 2.14. The van der Waals surface area contributed by atoms with Crippen molar-refractivity contribution in [1.29, 1.82) is 0 Å². The van der Waals surface area contributed by atoms with Crippen molar-refractivity contribution < 1.29 is 0 Å². The fourth-order valence-corrected chi connectivity index (χ4v) is 4.02. The van der Waals surface area contributed by atoms with Crippen LogP contribution in [-0.4, -0.2) is 30.7 Å². The molecule has 0 fully saturated rings. The van der Waals surface area contributed by atoms with Gasteiger partial charge < -0.3 is 10.2 Å². The zero-order valence-corrected chi connectivity index (χ0v) is 13.5. The molecule has 3 nitrogen and oxygen atoms in total. The van der Waals surface area contributed by atoms with Crippen molar-refractivity contribution in [1.82, 2.24) is 10.3 Å². The van der Waals surface area contributed by atoms with Crippen molar-refractivity contribution in [2.45, 2.75) is 58.9 Å². The second kappa shape index (κ2) is 6.71. The molecule has 1 heterocycles. The first-order valence-electron chi connectivity index (χ1n) is 7.63. The topological polar surface area (TPSA) is 28.2 Å². The van der Waals surface area contributed by atoms with Crippen LogP contribution in [0.4, 0.5) is 5.13 Å². The van der Waals surface area contributed by atoms with Crippen LogP contribution < -0.4 is 10.2 Å². The molecule has 19 heavy (non-hydrogen) atoms. The van der Waals surface area contributed by atoms with Gasteiger partial charge in [0.25, 0.3) is 0 Å². The molecule has 2 rings (SSSR count). The van der Waals surface area contributed by atoms with Crippen LogP contribution in [0.3, 0.4) is 0 Å². The van der Waals surface area contributed by atoms with Crippen LogP contribution in [0.1, 0.15) is 57.0 Å². The van der Waals surface area contributed by atoms with Gasteiger partial charge in [-0.05, 0) is 33.1 Å². The molecular formula is C15H27N3S. The Labute approximate surface area is 121 Å². The van der Waals surface area contributed by atoms with Gasteiger partial charge in [-0.1, -0.05) is 13.8 Å². The second-order valence-electron chi connectivity index (χ2n) is 5.63. The first-order chi connectivity index (χ1) is 9.15. The number of rotatable bonds is 6. The third kappa shape index (κ3) is 3.48. The molecule has 0 amide bonds. The average Bonchev–Trinajstić information content (AvgIpc) is 2.81. The maximum absolute atomic E-state index is 4.96. The van der Waals surface area contributed by atoms with Crippen LogP contribution in [-0.2, 0) is 6.42 Å². The van der Waals surface area contributed by atoms with E-state index in [9.17, 15) is 0 Å². The van der Waals surface area contributed by atoms with Gasteiger partial charge >= 0.3 is 0 Å². The summed E-state index contributed by atoms with van der Waals surface area (Å²) in [4.78, 5) is 8.86. The van der Waals surface area contributed by atoms with Crippen LogP contribution in [0, 0.1) is 0 Å². The summed E-state index contributed by atoms with van der Waals surface area (Å²) in [7, 11) is 0. The van der Waals surface area contributed by atoms with Crippen molar-refractivity contribution in [2.24, 2.45) is 0 Å². The zero-order valence-electron chi connectivity index (χ0n) is 12.7. The summed E-state index contributed by atoms with van der Waals surface area (Å²) in [5, 5.41) is 4.80. The predicted octanol–water partition coefficient (Wildman–Crippen LogP) is 3.41. The van der Waals surface area contributed by atoms with E-state index in [0.29, 0.717) is 12.0 Å². The quantitative estimate of drug-likeness (QED) is 0.866. The van der Waals surface area contributed by atoms with Gasteiger partial charge in [-0.3, -0.25) is 0 Å². The minimum atomic E-state index is 0.561. The van der Waals surface area contributed by atoms with Crippen molar-refractivity contribution in [3.63, 3.8) is 0 Å². The molecule has 1 unspecified atom stereocenters. The molecule has 1 N–H and O–H groups in total. The minimum Gasteiger partial charge on any atom is -0.349 e. The molecule has 0 spiro atoms. The number of nitrogens with one attached hydrogen (secondary N) is 1. The van der Waals surface area contributed by atoms with E-state index in [1.165, 1.54) is 35.0 Å². The number of hydrogen-bond acceptors (Lipinski definition) is 4. The number of aromatic nitrogens is 1. The number of aryl methyl sites for hydroxylation is 1. The lowest BCUT2D eigenvalue weighted by Crippen LogP contribution is -2.29. The van der Waals surface area contributed by atoms with E-state index in [1.54, 1.807) is 0 Å². The summed E-state index contributed by atoms with van der Waals surface area (Å²) >= 11 is 1.92. The van der Waals surface area contributed by atoms with Crippen LogP contribution >= 0.6 is 11.3 Å². The van der Waals surface area contributed by atoms with Crippen molar-refractivity contribution in [2.75, 3.05) is 24.5 Å². The maximum atomic E-state index is 4.96. The standard InChI is InChI=1S/C15H27N3S/c1-5-18(6-2)15-17-14-12(10-16-11(3)4)8-7-9-13(14)19-15/h11-12,16H,5-10H2,1-4H3. The molecule has 0 saturated carbocycles.